The van der Waals surface area contributed by atoms with Crippen molar-refractivity contribution in [3.05, 3.63) is 47.2 Å². The van der Waals surface area contributed by atoms with Crippen LogP contribution in [0.2, 0.25) is 0 Å². The lowest BCUT2D eigenvalue weighted by Crippen LogP contribution is -2.08. The predicted octanol–water partition coefficient (Wildman–Crippen LogP) is 2.23. The van der Waals surface area contributed by atoms with Gasteiger partial charge in [-0.25, -0.2) is 14.5 Å². The van der Waals surface area contributed by atoms with Gasteiger partial charge < -0.3 is 9.14 Å². The Balaban J connectivity index is 1.71. The number of fused-ring (bicyclic) bond motifs is 1. The first kappa shape index (κ1) is 16.4. The Morgan fingerprint density at radius 3 is 2.73 bits per heavy atom. The Hall–Kier alpha value is -3.03. The van der Waals surface area contributed by atoms with Gasteiger partial charge >= 0.3 is 5.97 Å². The minimum atomic E-state index is -0.364. The first-order valence-electron chi connectivity index (χ1n) is 8.65. The number of carbonyl (C=O) groups is 2. The molecule has 26 heavy (non-hydrogen) atoms. The normalized spacial score (nSPS) is 13.9. The molecule has 3 aromatic rings. The van der Waals surface area contributed by atoms with E-state index in [0.29, 0.717) is 36.0 Å². The Labute approximate surface area is 149 Å². The first-order chi connectivity index (χ1) is 12.5. The summed E-state index contributed by atoms with van der Waals surface area (Å²) in [6.07, 6.45) is 7.77. The molecule has 0 saturated heterocycles. The minimum absolute atomic E-state index is 0.134. The van der Waals surface area contributed by atoms with Crippen molar-refractivity contribution in [3.8, 4) is 0 Å². The third-order valence-electron chi connectivity index (χ3n) is 4.39. The van der Waals surface area contributed by atoms with Crippen LogP contribution in [-0.2, 0) is 11.3 Å². The van der Waals surface area contributed by atoms with Gasteiger partial charge in [0.25, 0.3) is 0 Å². The first-order valence-corrected chi connectivity index (χ1v) is 8.65. The number of hydrogen-bond donors (Lipinski definition) is 0. The zero-order valence-corrected chi connectivity index (χ0v) is 14.7. The SMILES string of the molecule is CCOC(=O)c1cc(C2CC2)cn2cc(Cn3cc(C(C)=O)nn3)nc12. The maximum absolute atomic E-state index is 12.4. The highest BCUT2D eigenvalue weighted by Gasteiger charge is 2.26. The quantitative estimate of drug-likeness (QED) is 0.498. The zero-order valence-electron chi connectivity index (χ0n) is 14.7. The summed E-state index contributed by atoms with van der Waals surface area (Å²) in [7, 11) is 0. The van der Waals surface area contributed by atoms with Crippen molar-refractivity contribution in [1.29, 1.82) is 0 Å². The second kappa shape index (κ2) is 6.36. The van der Waals surface area contributed by atoms with Gasteiger partial charge in [-0.3, -0.25) is 4.79 Å². The standard InChI is InChI=1S/C18H19N5O3/c1-3-26-18(25)15-6-13(12-4-5-12)7-22-8-14(19-17(15)22)9-23-10-16(11(2)24)20-21-23/h6-8,10,12H,3-5,9H2,1-2H3. The highest BCUT2D eigenvalue weighted by Crippen LogP contribution is 2.40. The Kier molecular flexibility index (Phi) is 4.02. The summed E-state index contributed by atoms with van der Waals surface area (Å²) in [6, 6.07) is 1.89. The number of hydrogen-bond acceptors (Lipinski definition) is 6. The number of pyridine rings is 1. The molecule has 0 bridgehead atoms. The molecule has 0 aromatic carbocycles. The van der Waals surface area contributed by atoms with Crippen LogP contribution in [0, 0.1) is 0 Å². The summed E-state index contributed by atoms with van der Waals surface area (Å²) in [5, 5.41) is 7.79. The summed E-state index contributed by atoms with van der Waals surface area (Å²) in [5.41, 5.74) is 3.21. The van der Waals surface area contributed by atoms with Gasteiger partial charge in [-0.2, -0.15) is 0 Å². The molecule has 0 spiro atoms. The smallest absolute Gasteiger partial charge is 0.341 e. The van der Waals surface area contributed by atoms with E-state index in [1.165, 1.54) is 6.92 Å². The molecule has 0 unspecified atom stereocenters. The highest BCUT2D eigenvalue weighted by molar-refractivity contribution is 5.96. The summed E-state index contributed by atoms with van der Waals surface area (Å²) >= 11 is 0. The van der Waals surface area contributed by atoms with Gasteiger partial charge in [0.1, 0.15) is 11.3 Å². The average molecular weight is 353 g/mol. The van der Waals surface area contributed by atoms with Crippen molar-refractivity contribution in [3.63, 3.8) is 0 Å². The largest absolute Gasteiger partial charge is 0.462 e. The molecule has 1 fully saturated rings. The molecule has 4 rings (SSSR count). The molecule has 0 aliphatic heterocycles. The van der Waals surface area contributed by atoms with Crippen molar-refractivity contribution in [2.45, 2.75) is 39.2 Å². The molecule has 0 amide bonds. The van der Waals surface area contributed by atoms with E-state index in [2.05, 4.69) is 15.3 Å². The molecule has 0 N–H and O–H groups in total. The van der Waals surface area contributed by atoms with Crippen molar-refractivity contribution >= 4 is 17.4 Å². The van der Waals surface area contributed by atoms with Crippen molar-refractivity contribution in [1.82, 2.24) is 24.4 Å². The second-order valence-corrected chi connectivity index (χ2v) is 6.50. The molecular weight excluding hydrogens is 334 g/mol. The third-order valence-corrected chi connectivity index (χ3v) is 4.39. The van der Waals surface area contributed by atoms with E-state index in [-0.39, 0.29) is 11.8 Å². The van der Waals surface area contributed by atoms with Crippen molar-refractivity contribution in [2.24, 2.45) is 0 Å². The molecule has 1 aliphatic carbocycles. The predicted molar refractivity (Wildman–Crippen MR) is 92.3 cm³/mol. The summed E-state index contributed by atoms with van der Waals surface area (Å²) in [6.45, 7) is 3.92. The lowest BCUT2D eigenvalue weighted by atomic mass is 10.1. The van der Waals surface area contributed by atoms with Crippen molar-refractivity contribution in [2.75, 3.05) is 6.61 Å². The fraction of sp³-hybridized carbons (Fsp3) is 0.389. The van der Waals surface area contributed by atoms with Gasteiger partial charge in [-0.05, 0) is 37.3 Å². The summed E-state index contributed by atoms with van der Waals surface area (Å²) in [4.78, 5) is 28.3. The van der Waals surface area contributed by atoms with E-state index < -0.39 is 0 Å². The van der Waals surface area contributed by atoms with E-state index in [1.807, 2.05) is 22.9 Å². The molecule has 0 atom stereocenters. The number of ether oxygens (including phenoxy) is 1. The van der Waals surface area contributed by atoms with E-state index >= 15 is 0 Å². The van der Waals surface area contributed by atoms with E-state index in [9.17, 15) is 9.59 Å². The van der Waals surface area contributed by atoms with Crippen LogP contribution in [0.3, 0.4) is 0 Å². The van der Waals surface area contributed by atoms with Crippen LogP contribution in [-0.4, -0.2) is 42.7 Å². The molecule has 134 valence electrons. The van der Waals surface area contributed by atoms with Crippen molar-refractivity contribution < 1.29 is 14.3 Å². The number of Topliss-reactive ketones (excluding diaryl/α,β-unsaturated/α-hetero) is 1. The molecular formula is C18H19N5O3. The molecule has 8 heteroatoms. The number of rotatable bonds is 6. The molecule has 0 radical (unpaired) electrons. The highest BCUT2D eigenvalue weighted by atomic mass is 16.5. The molecule has 3 heterocycles. The van der Waals surface area contributed by atoms with Crippen LogP contribution >= 0.6 is 0 Å². The monoisotopic (exact) mass is 353 g/mol. The Morgan fingerprint density at radius 1 is 1.27 bits per heavy atom. The van der Waals surface area contributed by atoms with Gasteiger partial charge in [-0.1, -0.05) is 5.21 Å². The fourth-order valence-corrected chi connectivity index (χ4v) is 2.95. The Morgan fingerprint density at radius 2 is 2.08 bits per heavy atom. The molecule has 3 aromatic heterocycles. The summed E-state index contributed by atoms with van der Waals surface area (Å²) < 4.78 is 8.62. The van der Waals surface area contributed by atoms with Gasteiger partial charge in [0.2, 0.25) is 0 Å². The van der Waals surface area contributed by atoms with Gasteiger partial charge in [-0.15, -0.1) is 5.10 Å². The van der Waals surface area contributed by atoms with E-state index in [1.54, 1.807) is 17.8 Å². The summed E-state index contributed by atoms with van der Waals surface area (Å²) in [5.74, 6) is 0.00793. The number of ketones is 1. The molecule has 1 aliphatic rings. The maximum Gasteiger partial charge on any atom is 0.341 e. The lowest BCUT2D eigenvalue weighted by molar-refractivity contribution is 0.0527. The number of esters is 1. The maximum atomic E-state index is 12.4. The third kappa shape index (κ3) is 3.10. The number of carbonyl (C=O) groups excluding carboxylic acids is 2. The van der Waals surface area contributed by atoms with Crippen LogP contribution in [0.25, 0.3) is 5.65 Å². The minimum Gasteiger partial charge on any atom is -0.462 e. The topological polar surface area (TPSA) is 91.4 Å². The van der Waals surface area contributed by atoms with Gasteiger partial charge in [0, 0.05) is 19.3 Å². The van der Waals surface area contributed by atoms with Gasteiger partial charge in [0.15, 0.2) is 11.4 Å². The number of nitrogens with zero attached hydrogens (tertiary/aromatic N) is 5. The number of imidazole rings is 1. The van der Waals surface area contributed by atoms with Crippen LogP contribution in [0.1, 0.15) is 64.7 Å². The fourth-order valence-electron chi connectivity index (χ4n) is 2.95. The number of aromatic nitrogens is 5. The zero-order chi connectivity index (χ0) is 18.3. The second-order valence-electron chi connectivity index (χ2n) is 6.50. The van der Waals surface area contributed by atoms with Gasteiger partial charge in [0.05, 0.1) is 25.0 Å². The van der Waals surface area contributed by atoms with Crippen LogP contribution in [0.15, 0.2) is 24.7 Å². The van der Waals surface area contributed by atoms with E-state index in [4.69, 9.17) is 4.74 Å². The Bertz CT molecular complexity index is 1000. The average Bonchev–Trinajstić information content (AvgIpc) is 3.21. The van der Waals surface area contributed by atoms with Crippen LogP contribution < -0.4 is 0 Å². The van der Waals surface area contributed by atoms with E-state index in [0.717, 1.165) is 24.1 Å². The molecule has 8 nitrogen and oxygen atoms in total. The lowest BCUT2D eigenvalue weighted by Gasteiger charge is -2.06. The van der Waals surface area contributed by atoms with Crippen LogP contribution in [0.5, 0.6) is 0 Å². The van der Waals surface area contributed by atoms with Crippen LogP contribution in [0.4, 0.5) is 0 Å². The molecule has 1 saturated carbocycles.